The Balaban J connectivity index is 1.28. The molecule has 3 fully saturated rings. The van der Waals surface area contributed by atoms with E-state index in [4.69, 9.17) is 6.42 Å². The minimum Gasteiger partial charge on any atom is -0.119 e. The van der Waals surface area contributed by atoms with Crippen LogP contribution in [0, 0.1) is 58.2 Å². The van der Waals surface area contributed by atoms with Gasteiger partial charge in [-0.25, -0.2) is 0 Å². The number of unbranched alkanes of at least 4 members (excludes halogenated alkanes) is 10. The van der Waals surface area contributed by atoms with E-state index in [-0.39, 0.29) is 10.8 Å². The molecule has 1 unspecified atom stereocenters. The lowest BCUT2D eigenvalue weighted by molar-refractivity contribution is -0.0917. The topological polar surface area (TPSA) is 0 Å². The molecule has 0 aromatic rings. The summed E-state index contributed by atoms with van der Waals surface area (Å²) in [7, 11) is 0. The molecular formula is C38H64. The summed E-state index contributed by atoms with van der Waals surface area (Å²) in [5, 5.41) is 0. The van der Waals surface area contributed by atoms with E-state index in [0.29, 0.717) is 5.41 Å². The van der Waals surface area contributed by atoms with Crippen LogP contribution in [-0.4, -0.2) is 0 Å². The fourth-order valence-electron chi connectivity index (χ4n) is 10.7. The molecule has 216 valence electrons. The molecule has 4 aliphatic carbocycles. The van der Waals surface area contributed by atoms with Crippen LogP contribution in [0.3, 0.4) is 0 Å². The smallest absolute Gasteiger partial charge is 0.0436 e. The Kier molecular flexibility index (Phi) is 10.6. The van der Waals surface area contributed by atoms with Gasteiger partial charge in [0, 0.05) is 10.8 Å². The molecule has 0 aromatic heterocycles. The molecule has 8 atom stereocenters. The second-order valence-corrected chi connectivity index (χ2v) is 15.1. The van der Waals surface area contributed by atoms with E-state index in [1.165, 1.54) is 135 Å². The van der Waals surface area contributed by atoms with Crippen molar-refractivity contribution in [2.45, 2.75) is 169 Å². The third-order valence-corrected chi connectivity index (χ3v) is 13.3. The lowest BCUT2D eigenvalue weighted by Gasteiger charge is -2.63. The fourth-order valence-corrected chi connectivity index (χ4v) is 10.7. The van der Waals surface area contributed by atoms with Crippen molar-refractivity contribution in [2.24, 2.45) is 45.8 Å². The normalized spacial score (nSPS) is 39.0. The Labute approximate surface area is 239 Å². The maximum absolute atomic E-state index is 6.60. The summed E-state index contributed by atoms with van der Waals surface area (Å²) in [4.78, 5) is 0. The first-order valence-electron chi connectivity index (χ1n) is 17.5. The molecule has 0 radical (unpaired) electrons. The number of fused-ring (bicyclic) bond motifs is 5. The Morgan fingerprint density at radius 1 is 0.842 bits per heavy atom. The third kappa shape index (κ3) is 5.71. The maximum Gasteiger partial charge on any atom is 0.0436 e. The molecule has 0 saturated heterocycles. The van der Waals surface area contributed by atoms with E-state index < -0.39 is 0 Å². The van der Waals surface area contributed by atoms with Crippen molar-refractivity contribution in [3.8, 4) is 12.3 Å². The zero-order valence-corrected chi connectivity index (χ0v) is 26.4. The van der Waals surface area contributed by atoms with Gasteiger partial charge in [-0.3, -0.25) is 0 Å². The molecule has 0 N–H and O–H groups in total. The van der Waals surface area contributed by atoms with Crippen molar-refractivity contribution in [2.75, 3.05) is 0 Å². The zero-order valence-electron chi connectivity index (χ0n) is 26.4. The second-order valence-electron chi connectivity index (χ2n) is 15.1. The van der Waals surface area contributed by atoms with Gasteiger partial charge in [-0.2, -0.15) is 0 Å². The Bertz CT molecular complexity index is 812. The third-order valence-electron chi connectivity index (χ3n) is 13.3. The van der Waals surface area contributed by atoms with Gasteiger partial charge in [0.2, 0.25) is 0 Å². The molecule has 0 heteroatoms. The van der Waals surface area contributed by atoms with Gasteiger partial charge in [0.15, 0.2) is 0 Å². The summed E-state index contributed by atoms with van der Waals surface area (Å²) in [6, 6.07) is 0. The molecule has 0 nitrogen and oxygen atoms in total. The second kappa shape index (κ2) is 13.3. The highest BCUT2D eigenvalue weighted by Crippen LogP contribution is 2.72. The number of terminal acetylenes is 1. The van der Waals surface area contributed by atoms with E-state index >= 15 is 0 Å². The monoisotopic (exact) mass is 521 g/mol. The van der Waals surface area contributed by atoms with E-state index in [2.05, 4.69) is 46.6 Å². The van der Waals surface area contributed by atoms with Gasteiger partial charge >= 0.3 is 0 Å². The number of hydrogen-bond acceptors (Lipinski definition) is 0. The summed E-state index contributed by atoms with van der Waals surface area (Å²) >= 11 is 0. The molecule has 0 bridgehead atoms. The highest BCUT2D eigenvalue weighted by atomic mass is 14.7. The van der Waals surface area contributed by atoms with Gasteiger partial charge in [0.05, 0.1) is 0 Å². The summed E-state index contributed by atoms with van der Waals surface area (Å²) in [6.45, 7) is 12.6. The van der Waals surface area contributed by atoms with Gasteiger partial charge in [-0.15, -0.1) is 6.42 Å². The van der Waals surface area contributed by atoms with Crippen molar-refractivity contribution in [3.05, 3.63) is 11.6 Å². The Morgan fingerprint density at radius 2 is 1.50 bits per heavy atom. The van der Waals surface area contributed by atoms with Gasteiger partial charge in [0.25, 0.3) is 0 Å². The van der Waals surface area contributed by atoms with Crippen molar-refractivity contribution >= 4 is 0 Å². The molecule has 0 aromatic carbocycles. The average Bonchev–Trinajstić information content (AvgIpc) is 3.28. The van der Waals surface area contributed by atoms with Crippen molar-refractivity contribution in [1.29, 1.82) is 0 Å². The van der Waals surface area contributed by atoms with E-state index in [1.807, 2.05) is 0 Å². The van der Waals surface area contributed by atoms with E-state index in [9.17, 15) is 0 Å². The molecule has 4 aliphatic rings. The number of allylic oxidation sites excluding steroid dienone is 2. The minimum atomic E-state index is 0.119. The summed E-state index contributed by atoms with van der Waals surface area (Å²) in [5.74, 6) is 7.85. The van der Waals surface area contributed by atoms with Gasteiger partial charge < -0.3 is 0 Å². The van der Waals surface area contributed by atoms with Crippen LogP contribution >= 0.6 is 0 Å². The first-order valence-corrected chi connectivity index (χ1v) is 17.5. The summed E-state index contributed by atoms with van der Waals surface area (Å²) in [6.07, 6.45) is 39.0. The van der Waals surface area contributed by atoms with Gasteiger partial charge in [-0.05, 0) is 86.4 Å². The van der Waals surface area contributed by atoms with Crippen LogP contribution in [0.5, 0.6) is 0 Å². The Hall–Kier alpha value is -0.700. The van der Waals surface area contributed by atoms with Gasteiger partial charge in [0.1, 0.15) is 0 Å². The molecule has 4 rings (SSSR count). The highest BCUT2D eigenvalue weighted by molar-refractivity contribution is 5.35. The van der Waals surface area contributed by atoms with Crippen LogP contribution in [0.4, 0.5) is 0 Å². The number of hydrogen-bond donors (Lipinski definition) is 0. The van der Waals surface area contributed by atoms with Crippen LogP contribution < -0.4 is 0 Å². The Morgan fingerprint density at radius 3 is 2.13 bits per heavy atom. The molecule has 0 heterocycles. The summed E-state index contributed by atoms with van der Waals surface area (Å²) < 4.78 is 0. The van der Waals surface area contributed by atoms with Crippen LogP contribution in [-0.2, 0) is 0 Å². The molecule has 0 amide bonds. The van der Waals surface area contributed by atoms with Crippen molar-refractivity contribution < 1.29 is 0 Å². The molecule has 0 aliphatic heterocycles. The predicted molar refractivity (Wildman–Crippen MR) is 167 cm³/mol. The molecule has 38 heavy (non-hydrogen) atoms. The van der Waals surface area contributed by atoms with E-state index in [1.54, 1.807) is 5.57 Å². The molecule has 0 spiro atoms. The predicted octanol–water partition coefficient (Wildman–Crippen LogP) is 11.9. The van der Waals surface area contributed by atoms with Gasteiger partial charge in [-0.1, -0.05) is 136 Å². The zero-order chi connectivity index (χ0) is 27.2. The van der Waals surface area contributed by atoms with Crippen LogP contribution in [0.2, 0.25) is 0 Å². The largest absolute Gasteiger partial charge is 0.119 e. The quantitative estimate of drug-likeness (QED) is 0.121. The van der Waals surface area contributed by atoms with E-state index in [0.717, 1.165) is 29.6 Å². The van der Waals surface area contributed by atoms with Crippen molar-refractivity contribution in [1.82, 2.24) is 0 Å². The van der Waals surface area contributed by atoms with Crippen LogP contribution in [0.15, 0.2) is 11.6 Å². The standard InChI is InChI=1S/C38H64/c1-7-10-11-12-13-14-15-16-17-18-19-20-30(4)33-23-24-34-35-22-21-32-29-31(8-2)25-26-37(32,6)38(35,9-3)28-27-36(33,34)5/h3,21,30-31,33-35H,7-8,10-20,22-29H2,1-2,4-6H3/t30-,31+,33-,34+,35?,36-,37+,38+/m1/s1. The maximum atomic E-state index is 6.60. The SMILES string of the molecule is C#C[C@]12CC[C@]3(C)[C@@H]([C@H](C)CCCCCCCCCCCCC)CC[C@H]3C1CC=C1C[C@@H](CC)CC[C@@]12C. The highest BCUT2D eigenvalue weighted by Gasteiger charge is 2.65. The molecular weight excluding hydrogens is 456 g/mol. The first kappa shape index (κ1) is 30.3. The minimum absolute atomic E-state index is 0.119. The summed E-state index contributed by atoms with van der Waals surface area (Å²) in [5.41, 5.74) is 2.66. The number of rotatable bonds is 14. The average molecular weight is 521 g/mol. The molecule has 3 saturated carbocycles. The van der Waals surface area contributed by atoms with Crippen LogP contribution in [0.25, 0.3) is 0 Å². The first-order chi connectivity index (χ1) is 18.4. The van der Waals surface area contributed by atoms with Crippen molar-refractivity contribution in [3.63, 3.8) is 0 Å². The van der Waals surface area contributed by atoms with Crippen LogP contribution in [0.1, 0.15) is 169 Å². The lowest BCUT2D eigenvalue weighted by Crippen LogP contribution is -2.57. The fraction of sp³-hybridized carbons (Fsp3) is 0.895. The lowest BCUT2D eigenvalue weighted by atomic mass is 9.40.